The molecule has 2 aromatic heterocycles. The first kappa shape index (κ1) is 14.2. The van der Waals surface area contributed by atoms with Gasteiger partial charge in [-0.15, -0.1) is 0 Å². The molecule has 10 nitrogen and oxygen atoms in total. The van der Waals surface area contributed by atoms with Gasteiger partial charge >= 0.3 is 11.8 Å². The number of hydrogen-bond acceptors (Lipinski definition) is 5. The fourth-order valence-corrected chi connectivity index (χ4v) is 1.67. The van der Waals surface area contributed by atoms with E-state index in [2.05, 4.69) is 20.3 Å². The number of carboxylic acid groups (broad SMARTS) is 1. The van der Waals surface area contributed by atoms with Crippen LogP contribution in [0.15, 0.2) is 24.7 Å². The molecule has 0 aliphatic carbocycles. The lowest BCUT2D eigenvalue weighted by Crippen LogP contribution is -2.42. The predicted octanol–water partition coefficient (Wildman–Crippen LogP) is 0.0717. The maximum absolute atomic E-state index is 11.9. The third-order valence-electron chi connectivity index (χ3n) is 2.69. The van der Waals surface area contributed by atoms with Gasteiger partial charge in [0.05, 0.1) is 6.33 Å². The first-order valence-electron chi connectivity index (χ1n) is 5.81. The molecule has 2 aromatic rings. The highest BCUT2D eigenvalue weighted by molar-refractivity contribution is 5.95. The summed E-state index contributed by atoms with van der Waals surface area (Å²) >= 11 is 0. The molecule has 4 N–H and O–H groups in total. The molecule has 21 heavy (non-hydrogen) atoms. The number of H-pyrrole nitrogens is 2. The van der Waals surface area contributed by atoms with Crippen LogP contribution in [0.4, 0.5) is 5.82 Å². The average molecular weight is 293 g/mol. The largest absolute Gasteiger partial charge is 0.480 e. The number of carboxylic acids is 1. The number of aliphatic carboxylic acids is 1. The zero-order valence-corrected chi connectivity index (χ0v) is 10.6. The monoisotopic (exact) mass is 293 g/mol. The summed E-state index contributed by atoms with van der Waals surface area (Å²) in [5.41, 5.74) is 0.456. The molecule has 0 radical (unpaired) electrons. The SMILES string of the molecule is O=C(N[C@H](Cc1cnc[nH]1)C(=O)O)c1ccc([N+](=O)[O-])[nH]1. The van der Waals surface area contributed by atoms with E-state index in [9.17, 15) is 19.7 Å². The van der Waals surface area contributed by atoms with E-state index in [1.54, 1.807) is 0 Å². The predicted molar refractivity (Wildman–Crippen MR) is 68.6 cm³/mol. The van der Waals surface area contributed by atoms with Gasteiger partial charge in [-0.25, -0.2) is 14.8 Å². The Hall–Kier alpha value is -3.17. The van der Waals surface area contributed by atoms with Gasteiger partial charge in [0, 0.05) is 24.4 Å². The van der Waals surface area contributed by atoms with Crippen molar-refractivity contribution in [1.82, 2.24) is 20.3 Å². The Morgan fingerprint density at radius 3 is 2.76 bits per heavy atom. The third kappa shape index (κ3) is 3.43. The van der Waals surface area contributed by atoms with Crippen LogP contribution in [-0.4, -0.2) is 42.9 Å². The Morgan fingerprint density at radius 2 is 2.24 bits per heavy atom. The van der Waals surface area contributed by atoms with Gasteiger partial charge in [0.15, 0.2) is 5.69 Å². The van der Waals surface area contributed by atoms with Gasteiger partial charge in [0.1, 0.15) is 6.04 Å². The van der Waals surface area contributed by atoms with Crippen LogP contribution in [0.25, 0.3) is 0 Å². The van der Waals surface area contributed by atoms with Crippen molar-refractivity contribution in [2.75, 3.05) is 0 Å². The van der Waals surface area contributed by atoms with Gasteiger partial charge in [-0.05, 0) is 11.0 Å². The number of aromatic amines is 2. The summed E-state index contributed by atoms with van der Waals surface area (Å²) < 4.78 is 0. The number of rotatable bonds is 6. The third-order valence-corrected chi connectivity index (χ3v) is 2.69. The zero-order valence-electron chi connectivity index (χ0n) is 10.6. The van der Waals surface area contributed by atoms with Gasteiger partial charge in [-0.2, -0.15) is 0 Å². The van der Waals surface area contributed by atoms with Crippen molar-refractivity contribution in [3.63, 3.8) is 0 Å². The molecule has 2 heterocycles. The molecule has 10 heteroatoms. The van der Waals surface area contributed by atoms with E-state index in [1.165, 1.54) is 18.6 Å². The summed E-state index contributed by atoms with van der Waals surface area (Å²) in [4.78, 5) is 41.6. The number of nitro groups is 1. The molecule has 0 aliphatic rings. The second-order valence-corrected chi connectivity index (χ2v) is 4.16. The lowest BCUT2D eigenvalue weighted by molar-refractivity contribution is -0.389. The summed E-state index contributed by atoms with van der Waals surface area (Å²) in [6.45, 7) is 0. The first-order valence-corrected chi connectivity index (χ1v) is 5.81. The van der Waals surface area contributed by atoms with Crippen molar-refractivity contribution in [2.24, 2.45) is 0 Å². The molecule has 0 aliphatic heterocycles. The fourth-order valence-electron chi connectivity index (χ4n) is 1.67. The Bertz CT molecular complexity index is 662. The highest BCUT2D eigenvalue weighted by Gasteiger charge is 2.24. The topological polar surface area (TPSA) is 154 Å². The molecule has 1 amide bonds. The molecular weight excluding hydrogens is 282 g/mol. The molecule has 0 unspecified atom stereocenters. The Labute approximate surface area is 117 Å². The molecule has 1 atom stereocenters. The molecular formula is C11H11N5O5. The van der Waals surface area contributed by atoms with E-state index in [0.717, 1.165) is 6.07 Å². The minimum Gasteiger partial charge on any atom is -0.480 e. The van der Waals surface area contributed by atoms with Crippen LogP contribution in [-0.2, 0) is 11.2 Å². The van der Waals surface area contributed by atoms with Crippen molar-refractivity contribution < 1.29 is 19.6 Å². The Morgan fingerprint density at radius 1 is 1.48 bits per heavy atom. The summed E-state index contributed by atoms with van der Waals surface area (Å²) in [5.74, 6) is -2.31. The molecule has 2 rings (SSSR count). The standard InChI is InChI=1S/C11H11N5O5/c17-10(7-1-2-9(14-7)16(20)21)15-8(11(18)19)3-6-4-12-5-13-6/h1-2,4-5,8,14H,3H2,(H,12,13)(H,15,17)(H,18,19)/t8-/m1/s1. The summed E-state index contributed by atoms with van der Waals surface area (Å²) in [6, 6.07) is 1.16. The van der Waals surface area contributed by atoms with Crippen LogP contribution in [0.2, 0.25) is 0 Å². The number of carbonyl (C=O) groups is 2. The maximum Gasteiger partial charge on any atom is 0.326 e. The minimum atomic E-state index is -1.22. The van der Waals surface area contributed by atoms with Crippen molar-refractivity contribution in [3.8, 4) is 0 Å². The van der Waals surface area contributed by atoms with Gasteiger partial charge < -0.3 is 25.5 Å². The van der Waals surface area contributed by atoms with Gasteiger partial charge in [0.2, 0.25) is 0 Å². The Balaban J connectivity index is 2.07. The van der Waals surface area contributed by atoms with E-state index in [4.69, 9.17) is 5.11 Å². The van der Waals surface area contributed by atoms with Crippen LogP contribution >= 0.6 is 0 Å². The molecule has 0 saturated carbocycles. The molecule has 0 fully saturated rings. The van der Waals surface area contributed by atoms with E-state index in [0.29, 0.717) is 5.69 Å². The summed E-state index contributed by atoms with van der Waals surface area (Å²) in [6.07, 6.45) is 2.86. The van der Waals surface area contributed by atoms with Crippen molar-refractivity contribution in [1.29, 1.82) is 0 Å². The number of nitrogens with one attached hydrogen (secondary N) is 3. The maximum atomic E-state index is 11.9. The Kier molecular flexibility index (Phi) is 3.97. The smallest absolute Gasteiger partial charge is 0.326 e. The summed E-state index contributed by atoms with van der Waals surface area (Å²) in [7, 11) is 0. The average Bonchev–Trinajstić information content (AvgIpc) is 3.08. The number of nitrogens with zero attached hydrogens (tertiary/aromatic N) is 2. The van der Waals surface area contributed by atoms with E-state index in [1.807, 2.05) is 0 Å². The molecule has 110 valence electrons. The molecule has 0 bridgehead atoms. The fraction of sp³-hybridized carbons (Fsp3) is 0.182. The van der Waals surface area contributed by atoms with Gasteiger partial charge in [0.25, 0.3) is 5.91 Å². The van der Waals surface area contributed by atoms with Crippen LogP contribution < -0.4 is 5.32 Å². The number of carbonyl (C=O) groups excluding carboxylic acids is 1. The number of amides is 1. The van der Waals surface area contributed by atoms with Gasteiger partial charge in [-0.3, -0.25) is 4.79 Å². The van der Waals surface area contributed by atoms with E-state index >= 15 is 0 Å². The second kappa shape index (κ2) is 5.86. The number of aromatic nitrogens is 3. The lowest BCUT2D eigenvalue weighted by Gasteiger charge is -2.12. The van der Waals surface area contributed by atoms with Crippen molar-refractivity contribution in [2.45, 2.75) is 12.5 Å². The van der Waals surface area contributed by atoms with Gasteiger partial charge in [-0.1, -0.05) is 0 Å². The molecule has 0 aromatic carbocycles. The lowest BCUT2D eigenvalue weighted by atomic mass is 10.1. The number of imidazole rings is 1. The normalized spacial score (nSPS) is 11.8. The summed E-state index contributed by atoms with van der Waals surface area (Å²) in [5, 5.41) is 21.9. The van der Waals surface area contributed by atoms with Crippen molar-refractivity contribution >= 4 is 17.7 Å². The van der Waals surface area contributed by atoms with Crippen molar-refractivity contribution in [3.05, 3.63) is 46.2 Å². The van der Waals surface area contributed by atoms with E-state index in [-0.39, 0.29) is 17.9 Å². The highest BCUT2D eigenvalue weighted by Crippen LogP contribution is 2.10. The van der Waals surface area contributed by atoms with Crippen LogP contribution in [0.5, 0.6) is 0 Å². The first-order chi connectivity index (χ1) is 9.97. The molecule has 0 saturated heterocycles. The van der Waals surface area contributed by atoms with E-state index < -0.39 is 22.8 Å². The highest BCUT2D eigenvalue weighted by atomic mass is 16.6. The minimum absolute atomic E-state index is 0.0177. The van der Waals surface area contributed by atoms with Crippen LogP contribution in [0, 0.1) is 10.1 Å². The molecule has 0 spiro atoms. The zero-order chi connectivity index (χ0) is 15.4. The van der Waals surface area contributed by atoms with Crippen LogP contribution in [0.3, 0.4) is 0 Å². The van der Waals surface area contributed by atoms with Crippen LogP contribution in [0.1, 0.15) is 16.2 Å². The quantitative estimate of drug-likeness (QED) is 0.436. The second-order valence-electron chi connectivity index (χ2n) is 4.16. The number of hydrogen-bond donors (Lipinski definition) is 4.